The minimum Gasteiger partial charge on any atom is -0.370 e. The van der Waals surface area contributed by atoms with Crippen LogP contribution >= 0.6 is 0 Å². The van der Waals surface area contributed by atoms with Crippen molar-refractivity contribution in [3.05, 3.63) is 60.2 Å². The summed E-state index contributed by atoms with van der Waals surface area (Å²) in [6.07, 6.45) is 0.175. The molecule has 0 aliphatic carbocycles. The van der Waals surface area contributed by atoms with Crippen molar-refractivity contribution >= 4 is 145 Å². The zero-order valence-corrected chi connectivity index (χ0v) is 68.0. The lowest BCUT2D eigenvalue weighted by molar-refractivity contribution is -0.136. The molecule has 47 N–H and O–H groups in total. The molecule has 4 aromatic carbocycles. The van der Waals surface area contributed by atoms with Gasteiger partial charge in [0.15, 0.2) is 53.6 Å². The van der Waals surface area contributed by atoms with E-state index in [0.717, 1.165) is 32.5 Å². The zero-order chi connectivity index (χ0) is 89.5. The van der Waals surface area contributed by atoms with Gasteiger partial charge in [-0.3, -0.25) is 96.6 Å². The average Bonchev–Trinajstić information content (AvgIpc) is 0.744. The number of benzene rings is 4. The Morgan fingerprint density at radius 1 is 0.248 bits per heavy atom. The maximum Gasteiger partial charge on any atom is 0.243 e. The molecule has 666 valence electrons. The number of rotatable bonds is 58. The number of hydrogen-bond acceptors (Lipinski definition) is 19. The molecule has 0 aliphatic rings. The van der Waals surface area contributed by atoms with Gasteiger partial charge < -0.3 is 153 Å². The number of nitrogens with one attached hydrogen (secondary N) is 27. The van der Waals surface area contributed by atoms with Crippen molar-refractivity contribution in [3.8, 4) is 0 Å². The number of nitrogens with two attached hydrogens (primary N) is 10. The number of hydrogen-bond donors (Lipinski definition) is 37. The Balaban J connectivity index is 1.71. The van der Waals surface area contributed by atoms with Gasteiger partial charge in [0, 0.05) is 65.3 Å². The number of primary amides is 1. The molecule has 0 saturated heterocycles. The summed E-state index contributed by atoms with van der Waals surface area (Å²) in [6.45, 7) is 0.244. The third kappa shape index (κ3) is 39.2. The SMILES string of the molecule is N=C(N)NCCC[C@H](NC(=O)[C@H](CCCNC(=N)N)NC(=O)[C@H](CCCNC(=N)N)NC(=O)[C@H](CCCNC(=N)N)NC(=O)[C@H](CCCNC(=N)N)NC(=O)[C@H](CCCNC(=N)N)NC(=O)[C@H](CCCNC(=N)N)NC(=O)[C@H](CCCNC(=N)N)NC(=O)[C@H](CCCNC(=N)N)NC(=O)CCCc1cc2ccc3cccc4ccc(c1)c2c34)C(N)=O. The fourth-order valence-corrected chi connectivity index (χ4v) is 13.1. The minimum atomic E-state index is -1.61. The van der Waals surface area contributed by atoms with Crippen LogP contribution in [0.5, 0.6) is 0 Å². The van der Waals surface area contributed by atoms with E-state index in [1.165, 1.54) is 5.39 Å². The van der Waals surface area contributed by atoms with Crippen LogP contribution in [0.3, 0.4) is 0 Å². The second kappa shape index (κ2) is 53.4. The molecule has 4 rings (SSSR count). The number of carbonyl (C=O) groups excluding carboxylic acids is 10. The van der Waals surface area contributed by atoms with E-state index in [2.05, 4.69) is 144 Å². The first kappa shape index (κ1) is 99.4. The van der Waals surface area contributed by atoms with E-state index in [0.29, 0.717) is 12.8 Å². The largest absolute Gasteiger partial charge is 0.370 e. The van der Waals surface area contributed by atoms with Gasteiger partial charge in [-0.2, -0.15) is 0 Å². The number of carbonyl (C=O) groups is 10. The van der Waals surface area contributed by atoms with E-state index >= 15 is 14.4 Å². The summed E-state index contributed by atoms with van der Waals surface area (Å²) in [5, 5.41) is 124. The quantitative estimate of drug-likeness (QED) is 0.00845. The smallest absolute Gasteiger partial charge is 0.243 e. The minimum absolute atomic E-state index is 0.000252. The number of amides is 10. The van der Waals surface area contributed by atoms with Gasteiger partial charge in [-0.25, -0.2) is 0 Å². The molecule has 10 amide bonds. The van der Waals surface area contributed by atoms with E-state index in [-0.39, 0.29) is 193 Å². The molecule has 47 nitrogen and oxygen atoms in total. The second-order valence-electron chi connectivity index (χ2n) is 28.8. The fourth-order valence-electron chi connectivity index (χ4n) is 13.1. The van der Waals surface area contributed by atoms with Crippen molar-refractivity contribution in [2.45, 2.75) is 189 Å². The van der Waals surface area contributed by atoms with E-state index in [9.17, 15) is 33.6 Å². The normalized spacial score (nSPS) is 13.1. The molecule has 0 radical (unpaired) electrons. The molecule has 0 unspecified atom stereocenters. The molecular formula is C74H125N37O10. The van der Waals surface area contributed by atoms with Gasteiger partial charge >= 0.3 is 0 Å². The topological polar surface area (TPSA) is 862 Å². The molecule has 0 heterocycles. The van der Waals surface area contributed by atoms with E-state index in [4.69, 9.17) is 106 Å². The predicted octanol–water partition coefficient (Wildman–Crippen LogP) is -6.88. The molecule has 0 spiro atoms. The van der Waals surface area contributed by atoms with Crippen LogP contribution in [0.1, 0.15) is 134 Å². The first-order valence-corrected chi connectivity index (χ1v) is 39.9. The molecule has 0 bridgehead atoms. The van der Waals surface area contributed by atoms with Crippen LogP contribution in [0.15, 0.2) is 54.6 Å². The van der Waals surface area contributed by atoms with E-state index in [1.54, 1.807) is 0 Å². The van der Waals surface area contributed by atoms with Gasteiger partial charge in [0.2, 0.25) is 59.1 Å². The van der Waals surface area contributed by atoms with Crippen LogP contribution in [0.4, 0.5) is 0 Å². The average molecular weight is 1690 g/mol. The van der Waals surface area contributed by atoms with Crippen molar-refractivity contribution in [2.75, 3.05) is 58.9 Å². The summed E-state index contributed by atoms with van der Waals surface area (Å²) >= 11 is 0. The predicted molar refractivity (Wildman–Crippen MR) is 462 cm³/mol. The van der Waals surface area contributed by atoms with Crippen molar-refractivity contribution in [1.82, 2.24) is 95.7 Å². The highest BCUT2D eigenvalue weighted by Gasteiger charge is 2.36. The van der Waals surface area contributed by atoms with Crippen molar-refractivity contribution in [1.29, 1.82) is 48.7 Å². The van der Waals surface area contributed by atoms with Crippen LogP contribution in [0, 0.1) is 48.7 Å². The Hall–Kier alpha value is -14.0. The van der Waals surface area contributed by atoms with Gasteiger partial charge in [0.25, 0.3) is 0 Å². The van der Waals surface area contributed by atoms with Gasteiger partial charge in [-0.05, 0) is 166 Å². The maximum atomic E-state index is 15.1. The summed E-state index contributed by atoms with van der Waals surface area (Å²) in [4.78, 5) is 145. The highest BCUT2D eigenvalue weighted by molar-refractivity contribution is 6.23. The summed E-state index contributed by atoms with van der Waals surface area (Å²) in [7, 11) is 0. The molecular weight excluding hydrogens is 1570 g/mol. The summed E-state index contributed by atoms with van der Waals surface area (Å²) in [6, 6.07) is 5.35. The van der Waals surface area contributed by atoms with Gasteiger partial charge in [0.1, 0.15) is 54.4 Å². The van der Waals surface area contributed by atoms with Crippen LogP contribution in [0.25, 0.3) is 32.3 Å². The summed E-state index contributed by atoms with van der Waals surface area (Å²) in [5.74, 6) is -12.6. The Bertz CT molecular complexity index is 4160. The summed E-state index contributed by atoms with van der Waals surface area (Å²) in [5.41, 5.74) is 56.7. The van der Waals surface area contributed by atoms with Crippen LogP contribution < -0.4 is 153 Å². The Labute approximate surface area is 700 Å². The fraction of sp³-hybridized carbons (Fsp3) is 0.527. The molecule has 47 heteroatoms. The Morgan fingerprint density at radius 3 is 0.653 bits per heavy atom. The van der Waals surface area contributed by atoms with Gasteiger partial charge in [-0.1, -0.05) is 54.6 Å². The van der Waals surface area contributed by atoms with E-state index < -0.39 is 155 Å². The molecule has 4 aromatic rings. The highest BCUT2D eigenvalue weighted by Crippen LogP contribution is 2.35. The first-order valence-electron chi connectivity index (χ1n) is 39.9. The van der Waals surface area contributed by atoms with Gasteiger partial charge in [0.05, 0.1) is 0 Å². The Kier molecular flexibility index (Phi) is 43.9. The van der Waals surface area contributed by atoms with Crippen molar-refractivity contribution < 1.29 is 47.9 Å². The molecule has 0 fully saturated rings. The number of guanidine groups is 9. The van der Waals surface area contributed by atoms with Crippen molar-refractivity contribution in [3.63, 3.8) is 0 Å². The lowest BCUT2D eigenvalue weighted by Crippen LogP contribution is -2.60. The van der Waals surface area contributed by atoms with Crippen LogP contribution in [-0.2, 0) is 54.4 Å². The monoisotopic (exact) mass is 1690 g/mol. The molecule has 9 atom stereocenters. The van der Waals surface area contributed by atoms with Crippen LogP contribution in [0.2, 0.25) is 0 Å². The maximum absolute atomic E-state index is 15.1. The molecule has 0 saturated carbocycles. The first-order chi connectivity index (χ1) is 57.5. The third-order valence-corrected chi connectivity index (χ3v) is 19.0. The number of aryl methyl sites for hydroxylation is 1. The second-order valence-corrected chi connectivity index (χ2v) is 28.8. The van der Waals surface area contributed by atoms with Crippen LogP contribution in [-0.4, -0.2) is 226 Å². The third-order valence-electron chi connectivity index (χ3n) is 19.0. The molecule has 121 heavy (non-hydrogen) atoms. The van der Waals surface area contributed by atoms with Crippen molar-refractivity contribution in [2.24, 2.45) is 57.3 Å². The Morgan fingerprint density at radius 2 is 0.438 bits per heavy atom. The standard InChI is InChI=1S/C74H125N37O10/c75-57(113)45(15-3-29-94-66(76)77)104-59(115)47(17-5-31-96-68(80)81)106-61(117)49(19-7-33-98-70(84)85)108-63(119)51(21-9-35-100-72(88)89)110-65(121)53(23-11-37-102-74(92)93)111-64(120)52(22-10-36-101-73(90)91)109-62(118)50(20-8-34-99-71(86)87)107-60(116)48(18-6-32-97-69(82)83)105-58(114)46(16-4-30-95-67(78)79)103-54(112)24-1-12-40-38-43-27-25-41-13-2-14-42-26-28-44(39-40)56(43)55(41)42/h2,13-14,25-28,38-39,45-53H,1,3-12,15-24,29-37H2,(H2,75,113)(H,103,112)(H,104,115)(H,105,114)(H,106,117)(H,107,116)(H,108,119)(H,109,118)(H,110,121)(H,111,120)(H4,76,77,94)(H4,78,79,95)(H4,80,81,96)(H4,82,83,97)(H4,84,85,98)(H4,86,87,99)(H4,88,89,100)(H4,90,91,101)(H4,92,93,102)/t45-,46-,47-,48-,49-,50-,51-,52-,53-/m0/s1. The highest BCUT2D eigenvalue weighted by atomic mass is 16.2. The molecule has 0 aliphatic heterocycles. The lowest BCUT2D eigenvalue weighted by atomic mass is 9.92. The zero-order valence-electron chi connectivity index (χ0n) is 68.0. The summed E-state index contributed by atoms with van der Waals surface area (Å²) < 4.78 is 0. The van der Waals surface area contributed by atoms with E-state index in [1.807, 2.05) is 6.07 Å². The molecule has 0 aromatic heterocycles. The lowest BCUT2D eigenvalue weighted by Gasteiger charge is -2.29. The van der Waals surface area contributed by atoms with Gasteiger partial charge in [-0.15, -0.1) is 0 Å².